The highest BCUT2D eigenvalue weighted by atomic mass is 32.2. The maximum absolute atomic E-state index is 14.0. The third-order valence-corrected chi connectivity index (χ3v) is 8.44. The molecule has 0 aliphatic rings. The number of hydrogen-bond donors (Lipinski definition) is 1. The predicted molar refractivity (Wildman–Crippen MR) is 155 cm³/mol. The van der Waals surface area contributed by atoms with E-state index in [0.29, 0.717) is 17.9 Å². The molecule has 0 saturated carbocycles. The number of carbonyl (C=O) groups excluding carboxylic acids is 2. The van der Waals surface area contributed by atoms with Gasteiger partial charge in [-0.2, -0.15) is 0 Å². The van der Waals surface area contributed by atoms with Crippen molar-refractivity contribution < 1.29 is 27.5 Å². The Morgan fingerprint density at radius 1 is 0.875 bits per heavy atom. The van der Waals surface area contributed by atoms with Crippen molar-refractivity contribution in [3.63, 3.8) is 0 Å². The molecule has 0 aliphatic heterocycles. The van der Waals surface area contributed by atoms with E-state index in [1.807, 2.05) is 45.0 Å². The highest BCUT2D eigenvalue weighted by Gasteiger charge is 2.33. The largest absolute Gasteiger partial charge is 0.493 e. The van der Waals surface area contributed by atoms with Gasteiger partial charge in [0.1, 0.15) is 12.6 Å². The third kappa shape index (κ3) is 6.93. The average Bonchev–Trinajstić information content (AvgIpc) is 2.96. The minimum atomic E-state index is -4.19. The minimum Gasteiger partial charge on any atom is -0.493 e. The number of nitrogens with zero attached hydrogens (tertiary/aromatic N) is 2. The Bertz CT molecular complexity index is 1420. The average molecular weight is 568 g/mol. The number of nitrogens with one attached hydrogen (secondary N) is 1. The molecule has 1 unspecified atom stereocenters. The van der Waals surface area contributed by atoms with Crippen LogP contribution in [0, 0.1) is 13.8 Å². The first-order valence-electron chi connectivity index (χ1n) is 12.9. The van der Waals surface area contributed by atoms with Gasteiger partial charge in [0.15, 0.2) is 11.5 Å². The Balaban J connectivity index is 2.11. The molecule has 1 N–H and O–H groups in total. The number of likely N-dealkylation sites (N-methyl/N-ethyl adjacent to an activating group) is 1. The van der Waals surface area contributed by atoms with Crippen LogP contribution in [0.15, 0.2) is 71.6 Å². The molecule has 0 spiro atoms. The number of aryl methyl sites for hydroxylation is 2. The number of amides is 2. The fourth-order valence-corrected chi connectivity index (χ4v) is 5.73. The zero-order valence-electron chi connectivity index (χ0n) is 23.8. The Hall–Kier alpha value is -4.05. The number of sulfonamides is 1. The maximum atomic E-state index is 14.0. The van der Waals surface area contributed by atoms with Crippen molar-refractivity contribution in [3.8, 4) is 11.5 Å². The lowest BCUT2D eigenvalue weighted by Crippen LogP contribution is -2.51. The first-order chi connectivity index (χ1) is 19.0. The highest BCUT2D eigenvalue weighted by Crippen LogP contribution is 2.34. The molecule has 1 atom stereocenters. The van der Waals surface area contributed by atoms with Crippen LogP contribution in [0.4, 0.5) is 5.69 Å². The van der Waals surface area contributed by atoms with Crippen molar-refractivity contribution >= 4 is 27.5 Å². The van der Waals surface area contributed by atoms with Gasteiger partial charge in [-0.3, -0.25) is 13.9 Å². The molecule has 0 saturated heterocycles. The van der Waals surface area contributed by atoms with E-state index >= 15 is 0 Å². The molecular formula is C30H37N3O6S. The van der Waals surface area contributed by atoms with E-state index in [0.717, 1.165) is 21.0 Å². The van der Waals surface area contributed by atoms with Gasteiger partial charge >= 0.3 is 0 Å². The zero-order chi connectivity index (χ0) is 29.4. The third-order valence-electron chi connectivity index (χ3n) is 6.65. The van der Waals surface area contributed by atoms with E-state index in [2.05, 4.69) is 5.32 Å². The van der Waals surface area contributed by atoms with Crippen LogP contribution in [0.3, 0.4) is 0 Å². The summed E-state index contributed by atoms with van der Waals surface area (Å²) in [5, 5.41) is 2.63. The van der Waals surface area contributed by atoms with Crippen LogP contribution >= 0.6 is 0 Å². The molecule has 40 heavy (non-hydrogen) atoms. The molecule has 214 valence electrons. The van der Waals surface area contributed by atoms with Crippen LogP contribution in [0.25, 0.3) is 0 Å². The van der Waals surface area contributed by atoms with E-state index in [9.17, 15) is 18.0 Å². The topological polar surface area (TPSA) is 105 Å². The number of benzene rings is 3. The highest BCUT2D eigenvalue weighted by molar-refractivity contribution is 7.92. The summed E-state index contributed by atoms with van der Waals surface area (Å²) in [6.07, 6.45) is 0.346. The standard InChI is InChI=1S/C30H37N3O6S/c1-7-26(30(35)31-4)32(19-23-12-8-21(2)9-13-23)29(34)20-33(24-14-17-27(38-5)28(18-24)39-6)40(36,37)25-15-10-22(3)11-16-25/h8-18,26H,7,19-20H2,1-6H3,(H,31,35). The van der Waals surface area contributed by atoms with Crippen molar-refractivity contribution in [2.24, 2.45) is 0 Å². The van der Waals surface area contributed by atoms with Gasteiger partial charge in [-0.25, -0.2) is 8.42 Å². The molecule has 9 nitrogen and oxygen atoms in total. The Labute approximate surface area is 236 Å². The van der Waals surface area contributed by atoms with Crippen molar-refractivity contribution in [1.29, 1.82) is 0 Å². The number of methoxy groups -OCH3 is 2. The van der Waals surface area contributed by atoms with Gasteiger partial charge < -0.3 is 19.7 Å². The first kappa shape index (κ1) is 30.5. The second-order valence-corrected chi connectivity index (χ2v) is 11.3. The molecule has 0 radical (unpaired) electrons. The summed E-state index contributed by atoms with van der Waals surface area (Å²) in [4.78, 5) is 28.3. The summed E-state index contributed by atoms with van der Waals surface area (Å²) in [5.74, 6) is -0.134. The summed E-state index contributed by atoms with van der Waals surface area (Å²) < 4.78 is 39.7. The second-order valence-electron chi connectivity index (χ2n) is 9.41. The lowest BCUT2D eigenvalue weighted by molar-refractivity contribution is -0.140. The molecule has 0 aromatic heterocycles. The van der Waals surface area contributed by atoms with Gasteiger partial charge in [-0.1, -0.05) is 54.4 Å². The van der Waals surface area contributed by atoms with Crippen LogP contribution in [0.2, 0.25) is 0 Å². The number of hydrogen-bond acceptors (Lipinski definition) is 6. The van der Waals surface area contributed by atoms with Gasteiger partial charge in [0.2, 0.25) is 11.8 Å². The van der Waals surface area contributed by atoms with E-state index in [4.69, 9.17) is 9.47 Å². The molecule has 3 aromatic carbocycles. The van der Waals surface area contributed by atoms with E-state index in [-0.39, 0.29) is 23.0 Å². The lowest BCUT2D eigenvalue weighted by atomic mass is 10.1. The SMILES string of the molecule is CCC(C(=O)NC)N(Cc1ccc(C)cc1)C(=O)CN(c1ccc(OC)c(OC)c1)S(=O)(=O)c1ccc(C)cc1. The summed E-state index contributed by atoms with van der Waals surface area (Å²) >= 11 is 0. The number of anilines is 1. The molecule has 0 fully saturated rings. The summed E-state index contributed by atoms with van der Waals surface area (Å²) in [6.45, 7) is 5.23. The van der Waals surface area contributed by atoms with Crippen molar-refractivity contribution in [3.05, 3.63) is 83.4 Å². The van der Waals surface area contributed by atoms with Crippen molar-refractivity contribution in [2.75, 3.05) is 32.1 Å². The molecule has 3 aromatic rings. The molecule has 0 bridgehead atoms. The fraction of sp³-hybridized carbons (Fsp3) is 0.333. The molecular weight excluding hydrogens is 530 g/mol. The van der Waals surface area contributed by atoms with Crippen LogP contribution in [-0.2, 0) is 26.2 Å². The van der Waals surface area contributed by atoms with Crippen LogP contribution in [0.1, 0.15) is 30.0 Å². The van der Waals surface area contributed by atoms with Gasteiger partial charge in [0, 0.05) is 19.7 Å². The second kappa shape index (κ2) is 13.3. The number of ether oxygens (including phenoxy) is 2. The first-order valence-corrected chi connectivity index (χ1v) is 14.4. The van der Waals surface area contributed by atoms with Crippen LogP contribution in [0.5, 0.6) is 11.5 Å². The van der Waals surface area contributed by atoms with E-state index in [1.54, 1.807) is 24.3 Å². The quantitative estimate of drug-likeness (QED) is 0.354. The smallest absolute Gasteiger partial charge is 0.264 e. The summed E-state index contributed by atoms with van der Waals surface area (Å²) in [7, 11) is 0.249. The lowest BCUT2D eigenvalue weighted by Gasteiger charge is -2.33. The zero-order valence-corrected chi connectivity index (χ0v) is 24.6. The van der Waals surface area contributed by atoms with Gasteiger partial charge in [-0.05, 0) is 50.1 Å². The molecule has 10 heteroatoms. The van der Waals surface area contributed by atoms with Gasteiger partial charge in [0.05, 0.1) is 24.8 Å². The molecule has 2 amide bonds. The van der Waals surface area contributed by atoms with Crippen molar-refractivity contribution in [1.82, 2.24) is 10.2 Å². The van der Waals surface area contributed by atoms with Crippen LogP contribution < -0.4 is 19.1 Å². The number of carbonyl (C=O) groups is 2. The summed E-state index contributed by atoms with van der Waals surface area (Å²) in [5.41, 5.74) is 2.99. The molecule has 0 heterocycles. The summed E-state index contributed by atoms with van der Waals surface area (Å²) in [6, 6.07) is 17.9. The minimum absolute atomic E-state index is 0.0316. The number of rotatable bonds is 12. The normalized spacial score (nSPS) is 11.8. The maximum Gasteiger partial charge on any atom is 0.264 e. The Morgan fingerprint density at radius 3 is 1.98 bits per heavy atom. The van der Waals surface area contributed by atoms with Crippen LogP contribution in [-0.4, -0.2) is 59.0 Å². The van der Waals surface area contributed by atoms with Gasteiger partial charge in [0.25, 0.3) is 10.0 Å². The van der Waals surface area contributed by atoms with E-state index < -0.39 is 28.5 Å². The fourth-order valence-electron chi connectivity index (χ4n) is 4.32. The Kier molecular flexibility index (Phi) is 10.2. The monoisotopic (exact) mass is 567 g/mol. The van der Waals surface area contributed by atoms with Crippen molar-refractivity contribution in [2.45, 2.75) is 44.7 Å². The Morgan fingerprint density at radius 2 is 1.45 bits per heavy atom. The molecule has 3 rings (SSSR count). The predicted octanol–water partition coefficient (Wildman–Crippen LogP) is 4.07. The van der Waals surface area contributed by atoms with E-state index in [1.165, 1.54) is 44.4 Å². The van der Waals surface area contributed by atoms with Gasteiger partial charge in [-0.15, -0.1) is 0 Å². The molecule has 0 aliphatic carbocycles.